The number of aromatic nitrogens is 1. The number of nitro groups is 1. The zero-order valence-corrected chi connectivity index (χ0v) is 14.0. The molecule has 0 spiro atoms. The molecule has 0 radical (unpaired) electrons. The second-order valence-electron chi connectivity index (χ2n) is 5.23. The van der Waals surface area contributed by atoms with Crippen LogP contribution in [0.15, 0.2) is 48.7 Å². The Morgan fingerprint density at radius 1 is 1.25 bits per heavy atom. The fourth-order valence-corrected chi connectivity index (χ4v) is 1.99. The van der Waals surface area contributed by atoms with Crippen LogP contribution in [0, 0.1) is 10.1 Å². The molecule has 0 aliphatic carbocycles. The minimum atomic E-state index is -4.93. The van der Waals surface area contributed by atoms with Crippen LogP contribution >= 0.6 is 0 Å². The molecular formula is C17H12F3N3O5. The maximum atomic E-state index is 13.0. The standard InChI is InChI=1S/C17H12F3N3O5/c18-17(19,20)13-9-12(23(26)27)5-6-14(13)22-15(24)10-28-16(25)7-4-11-3-1-2-8-21-11/h1-9H,10H2,(H,22,24). The number of hydrogen-bond donors (Lipinski definition) is 1. The third-order valence-electron chi connectivity index (χ3n) is 3.22. The Morgan fingerprint density at radius 2 is 2.00 bits per heavy atom. The number of carbonyl (C=O) groups excluding carboxylic acids is 2. The third kappa shape index (κ3) is 5.90. The number of benzene rings is 1. The molecule has 11 heteroatoms. The van der Waals surface area contributed by atoms with Gasteiger partial charge >= 0.3 is 12.1 Å². The lowest BCUT2D eigenvalue weighted by molar-refractivity contribution is -0.385. The van der Waals surface area contributed by atoms with Gasteiger partial charge in [-0.1, -0.05) is 6.07 Å². The SMILES string of the molecule is O=C(COC(=O)C=Cc1ccccn1)Nc1ccc([N+](=O)[O-])cc1C(F)(F)F. The molecule has 0 aliphatic heterocycles. The summed E-state index contributed by atoms with van der Waals surface area (Å²) in [7, 11) is 0. The Labute approximate surface area is 155 Å². The predicted molar refractivity (Wildman–Crippen MR) is 91.0 cm³/mol. The molecule has 0 saturated carbocycles. The van der Waals surface area contributed by atoms with E-state index in [1.807, 2.05) is 5.32 Å². The number of nitrogens with zero attached hydrogens (tertiary/aromatic N) is 2. The Hall–Kier alpha value is -3.76. The first kappa shape index (κ1) is 20.6. The van der Waals surface area contributed by atoms with Crippen LogP contribution in [0.25, 0.3) is 6.08 Å². The number of nitro benzene ring substituents is 1. The van der Waals surface area contributed by atoms with Crippen LogP contribution in [0.5, 0.6) is 0 Å². The molecule has 0 aliphatic rings. The van der Waals surface area contributed by atoms with E-state index in [0.29, 0.717) is 11.8 Å². The first-order valence-corrected chi connectivity index (χ1v) is 7.58. The quantitative estimate of drug-likeness (QED) is 0.348. The van der Waals surface area contributed by atoms with E-state index in [-0.39, 0.29) is 0 Å². The number of pyridine rings is 1. The summed E-state index contributed by atoms with van der Waals surface area (Å²) in [6, 6.07) is 6.84. The summed E-state index contributed by atoms with van der Waals surface area (Å²) < 4.78 is 43.8. The van der Waals surface area contributed by atoms with Crippen molar-refractivity contribution in [2.45, 2.75) is 6.18 Å². The van der Waals surface area contributed by atoms with Gasteiger partial charge in [0.05, 0.1) is 21.9 Å². The number of alkyl halides is 3. The number of ether oxygens (including phenoxy) is 1. The second-order valence-corrected chi connectivity index (χ2v) is 5.23. The van der Waals surface area contributed by atoms with E-state index in [1.54, 1.807) is 18.2 Å². The van der Waals surface area contributed by atoms with Crippen LogP contribution in [-0.2, 0) is 20.5 Å². The molecule has 8 nitrogen and oxygen atoms in total. The highest BCUT2D eigenvalue weighted by molar-refractivity contribution is 5.95. The predicted octanol–water partition coefficient (Wildman–Crippen LogP) is 3.20. The van der Waals surface area contributed by atoms with Crippen LogP contribution in [0.3, 0.4) is 0 Å². The summed E-state index contributed by atoms with van der Waals surface area (Å²) in [5, 5.41) is 12.6. The molecule has 2 aromatic rings. The van der Waals surface area contributed by atoms with Gasteiger partial charge in [0.1, 0.15) is 0 Å². The smallest absolute Gasteiger partial charge is 0.418 e. The summed E-state index contributed by atoms with van der Waals surface area (Å²) in [6.45, 7) is -0.848. The first-order valence-electron chi connectivity index (χ1n) is 7.58. The molecule has 1 aromatic carbocycles. The average Bonchev–Trinajstić information content (AvgIpc) is 2.64. The zero-order chi connectivity index (χ0) is 20.7. The molecule has 1 amide bonds. The Kier molecular flexibility index (Phi) is 6.42. The molecule has 0 atom stereocenters. The molecule has 0 fully saturated rings. The minimum Gasteiger partial charge on any atom is -0.452 e. The number of non-ortho nitro benzene ring substituents is 1. The fourth-order valence-electron chi connectivity index (χ4n) is 1.99. The van der Waals surface area contributed by atoms with Gasteiger partial charge in [0, 0.05) is 24.4 Å². The first-order chi connectivity index (χ1) is 13.2. The molecule has 1 heterocycles. The molecule has 0 saturated heterocycles. The summed E-state index contributed by atoms with van der Waals surface area (Å²) in [6.07, 6.45) is -1.10. The number of carbonyl (C=O) groups is 2. The van der Waals surface area contributed by atoms with Gasteiger partial charge in [-0.05, 0) is 24.3 Å². The van der Waals surface area contributed by atoms with Crippen molar-refractivity contribution in [3.8, 4) is 0 Å². The lowest BCUT2D eigenvalue weighted by Gasteiger charge is -2.13. The number of rotatable bonds is 6. The third-order valence-corrected chi connectivity index (χ3v) is 3.22. The average molecular weight is 395 g/mol. The molecule has 28 heavy (non-hydrogen) atoms. The van der Waals surface area contributed by atoms with Gasteiger partial charge in [-0.25, -0.2) is 4.79 Å². The summed E-state index contributed by atoms with van der Waals surface area (Å²) >= 11 is 0. The van der Waals surface area contributed by atoms with Crippen LogP contribution in [0.4, 0.5) is 24.5 Å². The number of amides is 1. The Bertz CT molecular complexity index is 914. The van der Waals surface area contributed by atoms with E-state index in [2.05, 4.69) is 9.72 Å². The number of nitrogens with one attached hydrogen (secondary N) is 1. The van der Waals surface area contributed by atoms with Gasteiger partial charge in [-0.2, -0.15) is 13.2 Å². The molecule has 0 bridgehead atoms. The van der Waals surface area contributed by atoms with Crippen molar-refractivity contribution < 1.29 is 32.4 Å². The number of anilines is 1. The zero-order valence-electron chi connectivity index (χ0n) is 14.0. The highest BCUT2D eigenvalue weighted by Crippen LogP contribution is 2.37. The van der Waals surface area contributed by atoms with Crippen molar-refractivity contribution in [1.29, 1.82) is 0 Å². The molecule has 0 unspecified atom stereocenters. The van der Waals surface area contributed by atoms with Crippen molar-refractivity contribution in [2.75, 3.05) is 11.9 Å². The lowest BCUT2D eigenvalue weighted by atomic mass is 10.1. The van der Waals surface area contributed by atoms with Crippen LogP contribution < -0.4 is 5.32 Å². The monoisotopic (exact) mass is 395 g/mol. The molecule has 1 N–H and O–H groups in total. The van der Waals surface area contributed by atoms with E-state index >= 15 is 0 Å². The van der Waals surface area contributed by atoms with Crippen molar-refractivity contribution in [3.05, 3.63) is 70.0 Å². The summed E-state index contributed by atoms with van der Waals surface area (Å²) in [5.41, 5.74) is -2.40. The second kappa shape index (κ2) is 8.75. The van der Waals surface area contributed by atoms with E-state index in [4.69, 9.17) is 0 Å². The van der Waals surface area contributed by atoms with Gasteiger partial charge < -0.3 is 10.1 Å². The minimum absolute atomic E-state index is 0.303. The van der Waals surface area contributed by atoms with Crippen molar-refractivity contribution >= 4 is 29.3 Å². The Morgan fingerprint density at radius 3 is 2.61 bits per heavy atom. The van der Waals surface area contributed by atoms with Crippen LogP contribution in [-0.4, -0.2) is 28.4 Å². The number of hydrogen-bond acceptors (Lipinski definition) is 6. The number of esters is 1. The van der Waals surface area contributed by atoms with Crippen LogP contribution in [0.2, 0.25) is 0 Å². The lowest BCUT2D eigenvalue weighted by Crippen LogP contribution is -2.22. The molecule has 146 valence electrons. The van der Waals surface area contributed by atoms with Crippen molar-refractivity contribution in [2.24, 2.45) is 0 Å². The van der Waals surface area contributed by atoms with Gasteiger partial charge in [0.2, 0.25) is 0 Å². The normalized spacial score (nSPS) is 11.2. The van der Waals surface area contributed by atoms with E-state index in [0.717, 1.165) is 18.2 Å². The van der Waals surface area contributed by atoms with Crippen LogP contribution in [0.1, 0.15) is 11.3 Å². The van der Waals surface area contributed by atoms with Gasteiger partial charge in [0.15, 0.2) is 6.61 Å². The maximum Gasteiger partial charge on any atom is 0.418 e. The van der Waals surface area contributed by atoms with E-state index < -0.39 is 46.5 Å². The largest absolute Gasteiger partial charge is 0.452 e. The van der Waals surface area contributed by atoms with Crippen molar-refractivity contribution in [3.63, 3.8) is 0 Å². The van der Waals surface area contributed by atoms with Gasteiger partial charge in [0.25, 0.3) is 11.6 Å². The highest BCUT2D eigenvalue weighted by atomic mass is 19.4. The summed E-state index contributed by atoms with van der Waals surface area (Å²) in [5.74, 6) is -1.94. The molecule has 1 aromatic heterocycles. The molecular weight excluding hydrogens is 383 g/mol. The Balaban J connectivity index is 2.00. The molecule has 2 rings (SSSR count). The van der Waals surface area contributed by atoms with Gasteiger partial charge in [-0.3, -0.25) is 19.9 Å². The maximum absolute atomic E-state index is 13.0. The van der Waals surface area contributed by atoms with E-state index in [1.165, 1.54) is 12.3 Å². The van der Waals surface area contributed by atoms with Gasteiger partial charge in [-0.15, -0.1) is 0 Å². The van der Waals surface area contributed by atoms with E-state index in [9.17, 15) is 32.9 Å². The van der Waals surface area contributed by atoms with Crippen molar-refractivity contribution in [1.82, 2.24) is 4.98 Å². The number of halogens is 3. The topological polar surface area (TPSA) is 111 Å². The fraction of sp³-hybridized carbons (Fsp3) is 0.118. The highest BCUT2D eigenvalue weighted by Gasteiger charge is 2.35. The summed E-state index contributed by atoms with van der Waals surface area (Å²) in [4.78, 5) is 36.9.